The van der Waals surface area contributed by atoms with E-state index in [9.17, 15) is 9.59 Å². The Bertz CT molecular complexity index is 987. The molecule has 1 atom stereocenters. The molecular formula is C25H28N2O2S2. The number of nitrogens with zero attached hydrogens (tertiary/aromatic N) is 1. The second-order valence-electron chi connectivity index (χ2n) is 8.32. The predicted molar refractivity (Wildman–Crippen MR) is 128 cm³/mol. The fraction of sp³-hybridized carbons (Fsp3) is 0.360. The highest BCUT2D eigenvalue weighted by Crippen LogP contribution is 2.29. The largest absolute Gasteiger partial charge is 0.344 e. The molecule has 0 radical (unpaired) electrons. The number of piperidine rings is 1. The summed E-state index contributed by atoms with van der Waals surface area (Å²) in [5, 5.41) is 7.27. The van der Waals surface area contributed by atoms with Crippen LogP contribution in [0.2, 0.25) is 0 Å². The molecule has 1 aliphatic rings. The molecule has 4 nitrogen and oxygen atoms in total. The van der Waals surface area contributed by atoms with E-state index in [2.05, 4.69) is 49.5 Å². The molecule has 2 amide bonds. The lowest BCUT2D eigenvalue weighted by Gasteiger charge is -2.32. The second kappa shape index (κ2) is 9.79. The number of benzene rings is 1. The van der Waals surface area contributed by atoms with Gasteiger partial charge in [-0.3, -0.25) is 9.59 Å². The molecule has 31 heavy (non-hydrogen) atoms. The first kappa shape index (κ1) is 21.8. The van der Waals surface area contributed by atoms with Crippen molar-refractivity contribution in [2.75, 3.05) is 13.1 Å². The highest BCUT2D eigenvalue weighted by molar-refractivity contribution is 7.12. The molecule has 1 fully saturated rings. The van der Waals surface area contributed by atoms with Crippen molar-refractivity contribution in [3.05, 3.63) is 80.2 Å². The van der Waals surface area contributed by atoms with Crippen LogP contribution in [0.1, 0.15) is 64.3 Å². The Morgan fingerprint density at radius 2 is 1.58 bits per heavy atom. The van der Waals surface area contributed by atoms with Crippen LogP contribution in [0, 0.1) is 5.92 Å². The van der Waals surface area contributed by atoms with Gasteiger partial charge < -0.3 is 10.2 Å². The summed E-state index contributed by atoms with van der Waals surface area (Å²) in [6.07, 6.45) is 1.40. The molecule has 1 saturated heterocycles. The first-order valence-corrected chi connectivity index (χ1v) is 12.5. The van der Waals surface area contributed by atoms with E-state index in [0.29, 0.717) is 31.8 Å². The molecule has 0 aliphatic carbocycles. The molecule has 0 spiro atoms. The lowest BCUT2D eigenvalue weighted by atomic mass is 9.94. The smallest absolute Gasteiger partial charge is 0.263 e. The Balaban J connectivity index is 1.42. The van der Waals surface area contributed by atoms with Gasteiger partial charge in [-0.1, -0.05) is 50.2 Å². The number of rotatable bonds is 6. The third kappa shape index (κ3) is 5.08. The van der Waals surface area contributed by atoms with Gasteiger partial charge in [0.1, 0.15) is 0 Å². The minimum Gasteiger partial charge on any atom is -0.344 e. The topological polar surface area (TPSA) is 49.4 Å². The zero-order chi connectivity index (χ0) is 21.8. The summed E-state index contributed by atoms with van der Waals surface area (Å²) in [6, 6.07) is 16.3. The molecule has 1 N–H and O–H groups in total. The van der Waals surface area contributed by atoms with Crippen molar-refractivity contribution in [1.82, 2.24) is 10.2 Å². The van der Waals surface area contributed by atoms with E-state index in [1.165, 1.54) is 16.9 Å². The van der Waals surface area contributed by atoms with Crippen molar-refractivity contribution in [2.45, 2.75) is 38.6 Å². The van der Waals surface area contributed by atoms with Crippen LogP contribution in [0.5, 0.6) is 0 Å². The summed E-state index contributed by atoms with van der Waals surface area (Å²) in [4.78, 5) is 29.5. The van der Waals surface area contributed by atoms with Gasteiger partial charge in [0.2, 0.25) is 5.91 Å². The maximum absolute atomic E-state index is 13.1. The Morgan fingerprint density at radius 3 is 2.16 bits per heavy atom. The molecule has 2 aromatic heterocycles. The van der Waals surface area contributed by atoms with E-state index < -0.39 is 0 Å². The van der Waals surface area contributed by atoms with Crippen LogP contribution in [0.3, 0.4) is 0 Å². The van der Waals surface area contributed by atoms with Crippen molar-refractivity contribution in [2.24, 2.45) is 5.92 Å². The van der Waals surface area contributed by atoms with Crippen molar-refractivity contribution < 1.29 is 9.59 Å². The van der Waals surface area contributed by atoms with Crippen LogP contribution >= 0.6 is 22.7 Å². The highest BCUT2D eigenvalue weighted by Gasteiger charge is 2.30. The average Bonchev–Trinajstić information content (AvgIpc) is 3.51. The van der Waals surface area contributed by atoms with Gasteiger partial charge in [-0.05, 0) is 52.8 Å². The third-order valence-electron chi connectivity index (χ3n) is 5.94. The van der Waals surface area contributed by atoms with E-state index >= 15 is 0 Å². The number of hydrogen-bond acceptors (Lipinski definition) is 4. The molecule has 162 valence electrons. The first-order chi connectivity index (χ1) is 15.0. The standard InChI is InChI=1S/C25H28N2O2S2/c1-17(2)18-7-9-19(10-8-18)23(21-5-3-15-30-21)26-24(28)20-11-13-27(14-12-20)25(29)22-6-4-16-31-22/h3-10,15-17,20,23H,11-14H2,1-2H3,(H,26,28). The van der Waals surface area contributed by atoms with Crippen LogP contribution in [-0.4, -0.2) is 29.8 Å². The highest BCUT2D eigenvalue weighted by atomic mass is 32.1. The van der Waals surface area contributed by atoms with Gasteiger partial charge in [0.05, 0.1) is 10.9 Å². The Labute approximate surface area is 191 Å². The predicted octanol–water partition coefficient (Wildman–Crippen LogP) is 5.69. The van der Waals surface area contributed by atoms with Gasteiger partial charge in [0, 0.05) is 23.9 Å². The summed E-state index contributed by atoms with van der Waals surface area (Å²) in [5.41, 5.74) is 2.40. The number of amides is 2. The molecular weight excluding hydrogens is 424 g/mol. The maximum Gasteiger partial charge on any atom is 0.263 e. The molecule has 4 rings (SSSR count). The summed E-state index contributed by atoms with van der Waals surface area (Å²) < 4.78 is 0. The molecule has 1 aromatic carbocycles. The number of nitrogens with one attached hydrogen (secondary N) is 1. The van der Waals surface area contributed by atoms with E-state index in [1.54, 1.807) is 11.3 Å². The van der Waals surface area contributed by atoms with Gasteiger partial charge in [0.25, 0.3) is 5.91 Å². The molecule has 3 aromatic rings. The summed E-state index contributed by atoms with van der Waals surface area (Å²) in [5.74, 6) is 0.570. The molecule has 0 bridgehead atoms. The minimum absolute atomic E-state index is 0.0650. The Hall–Kier alpha value is -2.44. The van der Waals surface area contributed by atoms with E-state index in [1.807, 2.05) is 33.9 Å². The van der Waals surface area contributed by atoms with Crippen LogP contribution in [0.25, 0.3) is 0 Å². The van der Waals surface area contributed by atoms with Crippen LogP contribution < -0.4 is 5.32 Å². The van der Waals surface area contributed by atoms with Crippen LogP contribution in [-0.2, 0) is 4.79 Å². The van der Waals surface area contributed by atoms with Crippen molar-refractivity contribution >= 4 is 34.5 Å². The quantitative estimate of drug-likeness (QED) is 0.522. The van der Waals surface area contributed by atoms with Crippen LogP contribution in [0.15, 0.2) is 59.3 Å². The number of hydrogen-bond donors (Lipinski definition) is 1. The molecule has 1 unspecified atom stereocenters. The normalized spacial score (nSPS) is 15.8. The fourth-order valence-corrected chi connectivity index (χ4v) is 5.50. The number of carbonyl (C=O) groups is 2. The zero-order valence-corrected chi connectivity index (χ0v) is 19.5. The third-order valence-corrected chi connectivity index (χ3v) is 7.73. The fourth-order valence-electron chi connectivity index (χ4n) is 4.01. The van der Waals surface area contributed by atoms with Gasteiger partial charge in [0.15, 0.2) is 0 Å². The van der Waals surface area contributed by atoms with Crippen molar-refractivity contribution in [3.8, 4) is 0 Å². The molecule has 1 aliphatic heterocycles. The lowest BCUT2D eigenvalue weighted by Crippen LogP contribution is -2.43. The van der Waals surface area contributed by atoms with Gasteiger partial charge in [-0.2, -0.15) is 0 Å². The van der Waals surface area contributed by atoms with E-state index in [4.69, 9.17) is 0 Å². The molecule has 6 heteroatoms. The summed E-state index contributed by atoms with van der Waals surface area (Å²) in [6.45, 7) is 5.62. The molecule has 3 heterocycles. The number of carbonyl (C=O) groups excluding carboxylic acids is 2. The Kier molecular flexibility index (Phi) is 6.88. The lowest BCUT2D eigenvalue weighted by molar-refractivity contribution is -0.126. The van der Waals surface area contributed by atoms with Gasteiger partial charge in [-0.25, -0.2) is 0 Å². The SMILES string of the molecule is CC(C)c1ccc(C(NC(=O)C2CCN(C(=O)c3cccs3)CC2)c2cccs2)cc1. The summed E-state index contributed by atoms with van der Waals surface area (Å²) in [7, 11) is 0. The van der Waals surface area contributed by atoms with Crippen molar-refractivity contribution in [1.29, 1.82) is 0 Å². The average molecular weight is 453 g/mol. The Morgan fingerprint density at radius 1 is 0.935 bits per heavy atom. The molecule has 0 saturated carbocycles. The second-order valence-corrected chi connectivity index (χ2v) is 10.2. The maximum atomic E-state index is 13.1. The van der Waals surface area contributed by atoms with Crippen molar-refractivity contribution in [3.63, 3.8) is 0 Å². The van der Waals surface area contributed by atoms with Gasteiger partial charge >= 0.3 is 0 Å². The monoisotopic (exact) mass is 452 g/mol. The zero-order valence-electron chi connectivity index (χ0n) is 17.9. The van der Waals surface area contributed by atoms with E-state index in [-0.39, 0.29) is 23.8 Å². The van der Waals surface area contributed by atoms with Gasteiger partial charge in [-0.15, -0.1) is 22.7 Å². The van der Waals surface area contributed by atoms with E-state index in [0.717, 1.165) is 15.3 Å². The number of thiophene rings is 2. The number of likely N-dealkylation sites (tertiary alicyclic amines) is 1. The van der Waals surface area contributed by atoms with Crippen LogP contribution in [0.4, 0.5) is 0 Å². The minimum atomic E-state index is -0.139. The summed E-state index contributed by atoms with van der Waals surface area (Å²) >= 11 is 3.13. The first-order valence-electron chi connectivity index (χ1n) is 10.8.